The average Bonchev–Trinajstić information content (AvgIpc) is 2.83. The molecule has 4 rings (SSSR count). The van der Waals surface area contributed by atoms with Gasteiger partial charge in [0, 0.05) is 81.6 Å². The van der Waals surface area contributed by atoms with Crippen molar-refractivity contribution in [3.8, 4) is 0 Å². The number of piperazine rings is 2. The highest BCUT2D eigenvalue weighted by Crippen LogP contribution is 2.21. The van der Waals surface area contributed by atoms with Crippen molar-refractivity contribution in [2.75, 3.05) is 62.2 Å². The van der Waals surface area contributed by atoms with E-state index < -0.39 is 0 Å². The van der Waals surface area contributed by atoms with Crippen LogP contribution >= 0.6 is 11.6 Å². The van der Waals surface area contributed by atoms with E-state index in [0.29, 0.717) is 44.3 Å². The van der Waals surface area contributed by atoms with Gasteiger partial charge in [0.15, 0.2) is 0 Å². The number of carbonyl (C=O) groups is 2. The molecule has 0 aromatic heterocycles. The molecule has 0 unspecified atom stereocenters. The predicted octanol–water partition coefficient (Wildman–Crippen LogP) is 3.26. The number of amides is 2. The lowest BCUT2D eigenvalue weighted by Crippen LogP contribution is -2.50. The molecule has 2 aliphatic rings. The Bertz CT molecular complexity index is 939. The first-order chi connectivity index (χ1) is 15.5. The van der Waals surface area contributed by atoms with Gasteiger partial charge in [0.25, 0.3) is 0 Å². The highest BCUT2D eigenvalue weighted by atomic mass is 35.5. The van der Waals surface area contributed by atoms with Crippen LogP contribution in [0, 0.1) is 5.82 Å². The van der Waals surface area contributed by atoms with Crippen molar-refractivity contribution in [1.29, 1.82) is 0 Å². The summed E-state index contributed by atoms with van der Waals surface area (Å²) in [5.41, 5.74) is 2.03. The lowest BCUT2D eigenvalue weighted by molar-refractivity contribution is -0.137. The number of nitrogens with zero attached hydrogens (tertiary/aromatic N) is 4. The van der Waals surface area contributed by atoms with Gasteiger partial charge in [-0.3, -0.25) is 9.59 Å². The third-order valence-corrected chi connectivity index (χ3v) is 6.42. The Morgan fingerprint density at radius 1 is 0.719 bits per heavy atom. The topological polar surface area (TPSA) is 47.1 Å². The smallest absolute Gasteiger partial charge is 0.223 e. The summed E-state index contributed by atoms with van der Waals surface area (Å²) in [7, 11) is 0. The molecule has 2 fully saturated rings. The summed E-state index contributed by atoms with van der Waals surface area (Å²) < 4.78 is 13.1. The van der Waals surface area contributed by atoms with Gasteiger partial charge in [-0.1, -0.05) is 17.7 Å². The Morgan fingerprint density at radius 3 is 1.72 bits per heavy atom. The van der Waals surface area contributed by atoms with E-state index in [1.54, 1.807) is 12.1 Å². The van der Waals surface area contributed by atoms with Gasteiger partial charge < -0.3 is 19.6 Å². The van der Waals surface area contributed by atoms with E-state index in [0.717, 1.165) is 24.5 Å². The number of hydrogen-bond acceptors (Lipinski definition) is 4. The van der Waals surface area contributed by atoms with E-state index in [4.69, 9.17) is 11.6 Å². The second-order valence-electron chi connectivity index (χ2n) is 8.19. The zero-order chi connectivity index (χ0) is 22.5. The van der Waals surface area contributed by atoms with Crippen LogP contribution in [0.25, 0.3) is 0 Å². The second kappa shape index (κ2) is 10.2. The molecule has 0 bridgehead atoms. The molecule has 2 heterocycles. The van der Waals surface area contributed by atoms with E-state index in [2.05, 4.69) is 9.80 Å². The van der Waals surface area contributed by atoms with Gasteiger partial charge in [0.2, 0.25) is 11.8 Å². The van der Waals surface area contributed by atoms with Gasteiger partial charge in [-0.05, 0) is 42.5 Å². The number of rotatable bonds is 5. The third-order valence-electron chi connectivity index (χ3n) is 6.18. The van der Waals surface area contributed by atoms with Crippen LogP contribution in [0.2, 0.25) is 5.02 Å². The SMILES string of the molecule is O=C(CCC(=O)N1CCN(c2cccc(Cl)c2)CC1)N1CCN(c2ccc(F)cc2)CC1. The van der Waals surface area contributed by atoms with E-state index in [1.165, 1.54) is 12.1 Å². The first-order valence-electron chi connectivity index (χ1n) is 11.1. The van der Waals surface area contributed by atoms with Gasteiger partial charge >= 0.3 is 0 Å². The second-order valence-corrected chi connectivity index (χ2v) is 8.63. The molecule has 2 aromatic rings. The van der Waals surface area contributed by atoms with Gasteiger partial charge in [0.1, 0.15) is 5.82 Å². The lowest BCUT2D eigenvalue weighted by atomic mass is 10.2. The van der Waals surface area contributed by atoms with Crippen LogP contribution in [0.15, 0.2) is 48.5 Å². The summed E-state index contributed by atoms with van der Waals surface area (Å²) in [4.78, 5) is 33.3. The predicted molar refractivity (Wildman–Crippen MR) is 125 cm³/mol. The molecule has 0 aliphatic carbocycles. The molecule has 6 nitrogen and oxygen atoms in total. The fourth-order valence-corrected chi connectivity index (χ4v) is 4.47. The van der Waals surface area contributed by atoms with E-state index >= 15 is 0 Å². The van der Waals surface area contributed by atoms with Gasteiger partial charge in [0.05, 0.1) is 0 Å². The minimum atomic E-state index is -0.252. The molecule has 0 spiro atoms. The quantitative estimate of drug-likeness (QED) is 0.690. The maximum absolute atomic E-state index is 13.1. The zero-order valence-corrected chi connectivity index (χ0v) is 18.8. The molecule has 32 heavy (non-hydrogen) atoms. The molecule has 0 saturated carbocycles. The van der Waals surface area contributed by atoms with Crippen molar-refractivity contribution in [3.63, 3.8) is 0 Å². The zero-order valence-electron chi connectivity index (χ0n) is 18.1. The summed E-state index contributed by atoms with van der Waals surface area (Å²) in [6, 6.07) is 14.2. The van der Waals surface area contributed by atoms with Crippen molar-refractivity contribution in [2.45, 2.75) is 12.8 Å². The minimum absolute atomic E-state index is 0.0228. The summed E-state index contributed by atoms with van der Waals surface area (Å²) >= 11 is 6.08. The van der Waals surface area contributed by atoms with Crippen LogP contribution in [0.5, 0.6) is 0 Å². The van der Waals surface area contributed by atoms with Crippen molar-refractivity contribution in [1.82, 2.24) is 9.80 Å². The Kier molecular flexibility index (Phi) is 7.15. The standard InChI is InChI=1S/C24H28ClFN4O2/c25-19-2-1-3-22(18-19)28-12-16-30(17-13-28)24(32)9-8-23(31)29-14-10-27(11-15-29)21-6-4-20(26)5-7-21/h1-7,18H,8-17H2. The normalized spacial score (nSPS) is 16.9. The lowest BCUT2D eigenvalue weighted by Gasteiger charge is -2.37. The highest BCUT2D eigenvalue weighted by molar-refractivity contribution is 6.30. The van der Waals surface area contributed by atoms with Crippen molar-refractivity contribution in [3.05, 3.63) is 59.4 Å². The highest BCUT2D eigenvalue weighted by Gasteiger charge is 2.25. The molecule has 2 saturated heterocycles. The number of hydrogen-bond donors (Lipinski definition) is 0. The molecule has 2 amide bonds. The molecule has 2 aromatic carbocycles. The Hall–Kier alpha value is -2.80. The summed E-state index contributed by atoms with van der Waals surface area (Å²) in [6.45, 7) is 5.45. The van der Waals surface area contributed by atoms with E-state index in [1.807, 2.05) is 34.1 Å². The largest absolute Gasteiger partial charge is 0.368 e. The fraction of sp³-hybridized carbons (Fsp3) is 0.417. The molecular weight excluding hydrogens is 431 g/mol. The molecule has 0 N–H and O–H groups in total. The number of anilines is 2. The number of benzene rings is 2. The van der Waals surface area contributed by atoms with Crippen LogP contribution in [0.3, 0.4) is 0 Å². The summed E-state index contributed by atoms with van der Waals surface area (Å²) in [5.74, 6) is -0.193. The van der Waals surface area contributed by atoms with E-state index in [-0.39, 0.29) is 30.5 Å². The first kappa shape index (κ1) is 22.4. The molecule has 0 atom stereocenters. The number of halogens is 2. The molecular formula is C24H28ClFN4O2. The first-order valence-corrected chi connectivity index (χ1v) is 11.4. The summed E-state index contributed by atoms with van der Waals surface area (Å²) in [6.07, 6.45) is 0.484. The van der Waals surface area contributed by atoms with Crippen molar-refractivity contribution >= 4 is 34.8 Å². The van der Waals surface area contributed by atoms with Crippen molar-refractivity contribution in [2.24, 2.45) is 0 Å². The Labute approximate surface area is 193 Å². The van der Waals surface area contributed by atoms with Gasteiger partial charge in [-0.2, -0.15) is 0 Å². The minimum Gasteiger partial charge on any atom is -0.368 e. The average molecular weight is 459 g/mol. The Morgan fingerprint density at radius 2 is 1.22 bits per heavy atom. The molecule has 8 heteroatoms. The monoisotopic (exact) mass is 458 g/mol. The molecule has 0 radical (unpaired) electrons. The van der Waals surface area contributed by atoms with Crippen LogP contribution in [0.4, 0.5) is 15.8 Å². The Balaban J connectivity index is 1.18. The maximum atomic E-state index is 13.1. The van der Waals surface area contributed by atoms with Crippen LogP contribution in [-0.4, -0.2) is 74.0 Å². The third kappa shape index (κ3) is 5.51. The number of carbonyl (C=O) groups excluding carboxylic acids is 2. The van der Waals surface area contributed by atoms with Gasteiger partial charge in [-0.25, -0.2) is 4.39 Å². The molecule has 2 aliphatic heterocycles. The maximum Gasteiger partial charge on any atom is 0.223 e. The molecule has 170 valence electrons. The van der Waals surface area contributed by atoms with Crippen LogP contribution < -0.4 is 9.80 Å². The van der Waals surface area contributed by atoms with Crippen LogP contribution in [0.1, 0.15) is 12.8 Å². The van der Waals surface area contributed by atoms with Crippen molar-refractivity contribution < 1.29 is 14.0 Å². The summed E-state index contributed by atoms with van der Waals surface area (Å²) in [5, 5.41) is 0.706. The fourth-order valence-electron chi connectivity index (χ4n) is 4.28. The van der Waals surface area contributed by atoms with Gasteiger partial charge in [-0.15, -0.1) is 0 Å². The van der Waals surface area contributed by atoms with E-state index in [9.17, 15) is 14.0 Å². The van der Waals surface area contributed by atoms with Crippen LogP contribution in [-0.2, 0) is 9.59 Å².